The van der Waals surface area contributed by atoms with E-state index in [4.69, 9.17) is 5.73 Å². The summed E-state index contributed by atoms with van der Waals surface area (Å²) in [6.45, 7) is 3.66. The number of hydrogen-bond acceptors (Lipinski definition) is 3. The van der Waals surface area contributed by atoms with Crippen molar-refractivity contribution in [2.45, 2.75) is 19.9 Å². The van der Waals surface area contributed by atoms with E-state index in [1.807, 2.05) is 13.8 Å². The van der Waals surface area contributed by atoms with Crippen LogP contribution >= 0.6 is 0 Å². The first-order valence-electron chi connectivity index (χ1n) is 5.10. The molecule has 5 heteroatoms. The first kappa shape index (κ1) is 12.3. The summed E-state index contributed by atoms with van der Waals surface area (Å²) in [5.41, 5.74) is 6.19. The van der Waals surface area contributed by atoms with Gasteiger partial charge < -0.3 is 5.73 Å². The number of carbonyl (C=O) groups is 1. The summed E-state index contributed by atoms with van der Waals surface area (Å²) >= 11 is 0. The van der Waals surface area contributed by atoms with Crippen LogP contribution in [0, 0.1) is 10.8 Å². The largest absolute Gasteiger partial charge is 0.319 e. The van der Waals surface area contributed by atoms with Gasteiger partial charge in [-0.1, -0.05) is 32.0 Å². The summed E-state index contributed by atoms with van der Waals surface area (Å²) in [5, 5.41) is 2.53. The van der Waals surface area contributed by atoms with Gasteiger partial charge in [0.25, 0.3) is 0 Å². The standard InChI is InChI=1S/C11H15N3O2/c1-8(2)10(12)11(15)14(13-16)9-6-4-3-5-7-9/h3-8,10H,12H2,1-2H3/p+1/t10-/m0/s1. The number of nitrogens with one attached hydrogen (secondary N) is 1. The van der Waals surface area contributed by atoms with Gasteiger partial charge in [0.1, 0.15) is 11.0 Å². The molecule has 0 saturated heterocycles. The Morgan fingerprint density at radius 1 is 1.31 bits per heavy atom. The minimum atomic E-state index is -0.693. The van der Waals surface area contributed by atoms with Crippen LogP contribution in [-0.4, -0.2) is 11.9 Å². The molecule has 0 aliphatic rings. The Bertz CT molecular complexity index is 365. The van der Waals surface area contributed by atoms with Gasteiger partial charge in [-0.25, -0.2) is 0 Å². The van der Waals surface area contributed by atoms with Gasteiger partial charge >= 0.3 is 5.91 Å². The summed E-state index contributed by atoms with van der Waals surface area (Å²) in [5.74, 6) is -0.455. The van der Waals surface area contributed by atoms with Crippen molar-refractivity contribution in [1.29, 1.82) is 0 Å². The lowest BCUT2D eigenvalue weighted by atomic mass is 10.0. The first-order valence-corrected chi connectivity index (χ1v) is 5.10. The van der Waals surface area contributed by atoms with Crippen LogP contribution < -0.4 is 16.0 Å². The molecule has 1 atom stereocenters. The molecule has 0 unspecified atom stereocenters. The zero-order chi connectivity index (χ0) is 12.1. The third-order valence-corrected chi connectivity index (χ3v) is 2.33. The van der Waals surface area contributed by atoms with Crippen LogP contribution in [0.25, 0.3) is 0 Å². The minimum absolute atomic E-state index is 0.0212. The Labute approximate surface area is 94.2 Å². The molecule has 0 aliphatic heterocycles. The lowest BCUT2D eigenvalue weighted by Crippen LogP contribution is -2.82. The van der Waals surface area contributed by atoms with E-state index in [1.165, 1.54) is 0 Å². The molecule has 1 aromatic rings. The average Bonchev–Trinajstić information content (AvgIpc) is 2.30. The minimum Gasteiger partial charge on any atom is -0.319 e. The van der Waals surface area contributed by atoms with E-state index in [-0.39, 0.29) is 5.92 Å². The van der Waals surface area contributed by atoms with Gasteiger partial charge in [-0.3, -0.25) is 4.79 Å². The Hall–Kier alpha value is -1.75. The molecule has 86 valence electrons. The smallest absolute Gasteiger partial charge is 0.304 e. The fraction of sp³-hybridized carbons (Fsp3) is 0.364. The van der Waals surface area contributed by atoms with E-state index in [1.54, 1.807) is 35.6 Å². The van der Waals surface area contributed by atoms with Crippen LogP contribution in [0.15, 0.2) is 30.3 Å². The molecule has 16 heavy (non-hydrogen) atoms. The Morgan fingerprint density at radius 2 is 1.88 bits per heavy atom. The summed E-state index contributed by atoms with van der Waals surface area (Å²) in [6, 6.07) is 7.92. The number of rotatable bonds is 4. The quantitative estimate of drug-likeness (QED) is 0.690. The van der Waals surface area contributed by atoms with Crippen LogP contribution in [0.2, 0.25) is 0 Å². The number of para-hydroxylation sites is 1. The monoisotopic (exact) mass is 222 g/mol. The fourth-order valence-corrected chi connectivity index (χ4v) is 1.24. The average molecular weight is 222 g/mol. The van der Waals surface area contributed by atoms with Crippen molar-refractivity contribution in [3.05, 3.63) is 35.2 Å². The summed E-state index contributed by atoms with van der Waals surface area (Å²) in [4.78, 5) is 22.7. The van der Waals surface area contributed by atoms with Gasteiger partial charge in [0.05, 0.1) is 6.04 Å². The van der Waals surface area contributed by atoms with Crippen LogP contribution in [0.4, 0.5) is 5.69 Å². The van der Waals surface area contributed by atoms with E-state index < -0.39 is 11.9 Å². The molecule has 0 bridgehead atoms. The Balaban J connectivity index is 2.92. The maximum Gasteiger partial charge on any atom is 0.304 e. The van der Waals surface area contributed by atoms with Crippen LogP contribution in [-0.2, 0) is 4.79 Å². The number of hydrogen-bond donors (Lipinski definition) is 2. The highest BCUT2D eigenvalue weighted by Crippen LogP contribution is 2.11. The number of anilines is 1. The molecule has 0 fully saturated rings. The molecule has 0 heterocycles. The Kier molecular flexibility index (Phi) is 4.13. The van der Waals surface area contributed by atoms with Crippen molar-refractivity contribution in [1.82, 2.24) is 0 Å². The van der Waals surface area contributed by atoms with Gasteiger partial charge in [0.2, 0.25) is 0 Å². The molecule has 1 rings (SSSR count). The normalized spacial score (nSPS) is 12.2. The number of carbonyl (C=O) groups excluding carboxylic acids is 1. The second-order valence-electron chi connectivity index (χ2n) is 3.87. The van der Waals surface area contributed by atoms with Crippen LogP contribution in [0.1, 0.15) is 13.8 Å². The number of nitroso groups, excluding NO2 is 1. The number of nitrogens with zero attached hydrogens (tertiary/aromatic N) is 1. The predicted molar refractivity (Wildman–Crippen MR) is 61.1 cm³/mol. The Morgan fingerprint density at radius 3 is 2.31 bits per heavy atom. The highest BCUT2D eigenvalue weighted by molar-refractivity contribution is 5.94. The van der Waals surface area contributed by atoms with Crippen molar-refractivity contribution in [2.24, 2.45) is 11.7 Å². The zero-order valence-electron chi connectivity index (χ0n) is 9.38. The molecule has 1 amide bonds. The molecular formula is C11H16N3O2+. The topological polar surface area (TPSA) is 77.4 Å². The van der Waals surface area contributed by atoms with Crippen LogP contribution in [0.3, 0.4) is 0 Å². The van der Waals surface area contributed by atoms with Crippen molar-refractivity contribution in [2.75, 3.05) is 5.01 Å². The molecule has 0 saturated carbocycles. The van der Waals surface area contributed by atoms with E-state index >= 15 is 0 Å². The molecular weight excluding hydrogens is 206 g/mol. The van der Waals surface area contributed by atoms with Crippen LogP contribution in [0.5, 0.6) is 0 Å². The second kappa shape index (κ2) is 5.37. The third kappa shape index (κ3) is 2.64. The number of benzene rings is 1. The van der Waals surface area contributed by atoms with E-state index in [0.29, 0.717) is 5.69 Å². The molecule has 5 nitrogen and oxygen atoms in total. The van der Waals surface area contributed by atoms with Crippen molar-refractivity contribution in [3.8, 4) is 0 Å². The van der Waals surface area contributed by atoms with E-state index in [2.05, 4.69) is 0 Å². The molecule has 1 aromatic carbocycles. The lowest BCUT2D eigenvalue weighted by molar-refractivity contribution is -0.485. The van der Waals surface area contributed by atoms with Gasteiger partial charge in [-0.15, -0.1) is 0 Å². The maximum atomic E-state index is 11.9. The van der Waals surface area contributed by atoms with E-state index in [9.17, 15) is 9.70 Å². The predicted octanol–water partition coefficient (Wildman–Crippen LogP) is -0.235. The van der Waals surface area contributed by atoms with Crippen molar-refractivity contribution in [3.63, 3.8) is 0 Å². The summed E-state index contributed by atoms with van der Waals surface area (Å²) in [6.07, 6.45) is 0. The maximum absolute atomic E-state index is 11.9. The summed E-state index contributed by atoms with van der Waals surface area (Å²) < 4.78 is 0. The SMILES string of the molecule is CC(C)[C@H](N)C(=O)N([NH+]=O)c1ccccc1. The van der Waals surface area contributed by atoms with Gasteiger partial charge in [-0.2, -0.15) is 0 Å². The fourth-order valence-electron chi connectivity index (χ4n) is 1.24. The number of hydrazine groups is 1. The van der Waals surface area contributed by atoms with E-state index in [0.717, 1.165) is 5.01 Å². The first-order chi connectivity index (χ1) is 7.57. The van der Waals surface area contributed by atoms with Crippen molar-refractivity contribution < 1.29 is 10.1 Å². The van der Waals surface area contributed by atoms with Gasteiger partial charge in [0.15, 0.2) is 0 Å². The highest BCUT2D eigenvalue weighted by Gasteiger charge is 2.29. The lowest BCUT2D eigenvalue weighted by Gasteiger charge is -2.16. The molecule has 0 aromatic heterocycles. The molecule has 3 N–H and O–H groups in total. The zero-order valence-corrected chi connectivity index (χ0v) is 9.38. The number of nitrogens with two attached hydrogens (primary N) is 1. The van der Waals surface area contributed by atoms with Gasteiger partial charge in [-0.05, 0) is 23.1 Å². The summed E-state index contributed by atoms with van der Waals surface area (Å²) in [7, 11) is 0. The van der Waals surface area contributed by atoms with Crippen molar-refractivity contribution >= 4 is 11.6 Å². The molecule has 0 radical (unpaired) electrons. The highest BCUT2D eigenvalue weighted by atomic mass is 16.3. The third-order valence-electron chi connectivity index (χ3n) is 2.33. The molecule has 0 aliphatic carbocycles. The number of amides is 1. The molecule has 0 spiro atoms. The van der Waals surface area contributed by atoms with Gasteiger partial charge in [0, 0.05) is 4.91 Å². The second-order valence-corrected chi connectivity index (χ2v) is 3.87.